The molecule has 2 aromatic carbocycles. The van der Waals surface area contributed by atoms with E-state index in [1.807, 2.05) is 60.7 Å². The second-order valence-electron chi connectivity index (χ2n) is 7.08. The maximum Gasteiger partial charge on any atom is 0.309 e. The zero-order valence-corrected chi connectivity index (χ0v) is 17.5. The van der Waals surface area contributed by atoms with Crippen LogP contribution in [0, 0.1) is 5.92 Å². The lowest BCUT2D eigenvalue weighted by Gasteiger charge is -2.24. The molecule has 2 aromatic rings. The maximum atomic E-state index is 13.2. The van der Waals surface area contributed by atoms with Crippen LogP contribution in [0.5, 0.6) is 11.5 Å². The molecule has 1 saturated carbocycles. The average molecular weight is 406 g/mol. The summed E-state index contributed by atoms with van der Waals surface area (Å²) in [6.07, 6.45) is 4.36. The number of rotatable bonds is 6. The highest BCUT2D eigenvalue weighted by atomic mass is 16.5. The first-order valence-corrected chi connectivity index (χ1v) is 9.94. The highest BCUT2D eigenvalue weighted by Gasteiger charge is 2.33. The van der Waals surface area contributed by atoms with E-state index in [0.717, 1.165) is 11.1 Å². The maximum absolute atomic E-state index is 13.2. The zero-order valence-electron chi connectivity index (χ0n) is 17.5. The normalized spacial score (nSPS) is 19.0. The molecular formula is C25H26O5. The molecular weight excluding hydrogens is 380 g/mol. The summed E-state index contributed by atoms with van der Waals surface area (Å²) >= 11 is 0. The molecule has 0 N–H and O–H groups in total. The van der Waals surface area contributed by atoms with E-state index in [-0.39, 0.29) is 11.8 Å². The second-order valence-corrected chi connectivity index (χ2v) is 7.08. The van der Waals surface area contributed by atoms with Crippen LogP contribution in [0.2, 0.25) is 0 Å². The van der Waals surface area contributed by atoms with Gasteiger partial charge in [0.15, 0.2) is 5.78 Å². The van der Waals surface area contributed by atoms with Gasteiger partial charge in [-0.15, -0.1) is 0 Å². The number of methoxy groups -OCH3 is 2. The largest absolute Gasteiger partial charge is 0.497 e. The Morgan fingerprint density at radius 2 is 1.43 bits per heavy atom. The summed E-state index contributed by atoms with van der Waals surface area (Å²) in [6, 6.07) is 15.0. The summed E-state index contributed by atoms with van der Waals surface area (Å²) in [5.41, 5.74) is 2.87. The van der Waals surface area contributed by atoms with Gasteiger partial charge in [-0.2, -0.15) is 0 Å². The van der Waals surface area contributed by atoms with Gasteiger partial charge in [0.25, 0.3) is 0 Å². The van der Waals surface area contributed by atoms with Crippen LogP contribution in [-0.2, 0) is 14.3 Å². The number of hydrogen-bond acceptors (Lipinski definition) is 5. The fourth-order valence-electron chi connectivity index (χ4n) is 3.54. The number of carbonyl (C=O) groups is 2. The van der Waals surface area contributed by atoms with Crippen LogP contribution in [0.1, 0.15) is 30.9 Å². The van der Waals surface area contributed by atoms with Crippen molar-refractivity contribution in [3.63, 3.8) is 0 Å². The van der Waals surface area contributed by atoms with E-state index in [9.17, 15) is 9.59 Å². The van der Waals surface area contributed by atoms with Crippen molar-refractivity contribution < 1.29 is 23.8 Å². The Balaban J connectivity index is 1.99. The Kier molecular flexibility index (Phi) is 7.07. The molecule has 5 nitrogen and oxygen atoms in total. The lowest BCUT2D eigenvalue weighted by Crippen LogP contribution is -2.27. The summed E-state index contributed by atoms with van der Waals surface area (Å²) in [6.45, 7) is 2.10. The minimum atomic E-state index is -0.392. The molecule has 1 aliphatic rings. The van der Waals surface area contributed by atoms with Crippen molar-refractivity contribution in [1.82, 2.24) is 0 Å². The fraction of sp³-hybridized carbons (Fsp3) is 0.280. The molecule has 1 aliphatic carbocycles. The third-order valence-corrected chi connectivity index (χ3v) is 5.01. The summed E-state index contributed by atoms with van der Waals surface area (Å²) in [5, 5.41) is 0. The van der Waals surface area contributed by atoms with Gasteiger partial charge >= 0.3 is 5.97 Å². The molecule has 3 rings (SSSR count). The topological polar surface area (TPSA) is 61.8 Å². The number of hydrogen-bond donors (Lipinski definition) is 0. The van der Waals surface area contributed by atoms with E-state index in [2.05, 4.69) is 0 Å². The lowest BCUT2D eigenvalue weighted by molar-refractivity contribution is -0.148. The quantitative estimate of drug-likeness (QED) is 0.513. The van der Waals surface area contributed by atoms with Gasteiger partial charge in [-0.05, 0) is 67.3 Å². The minimum Gasteiger partial charge on any atom is -0.497 e. The first-order valence-electron chi connectivity index (χ1n) is 9.94. The first kappa shape index (κ1) is 21.4. The van der Waals surface area contributed by atoms with Crippen LogP contribution in [0.25, 0.3) is 12.2 Å². The van der Waals surface area contributed by atoms with Crippen molar-refractivity contribution in [3.05, 3.63) is 70.8 Å². The predicted molar refractivity (Wildman–Crippen MR) is 116 cm³/mol. The number of ketones is 1. The smallest absolute Gasteiger partial charge is 0.309 e. The lowest BCUT2D eigenvalue weighted by atomic mass is 9.79. The van der Waals surface area contributed by atoms with Gasteiger partial charge < -0.3 is 14.2 Å². The third kappa shape index (κ3) is 5.17. The van der Waals surface area contributed by atoms with Crippen molar-refractivity contribution in [1.29, 1.82) is 0 Å². The molecule has 0 amide bonds. The Bertz CT molecular complexity index is 917. The number of allylic oxidation sites excluding steroid dienone is 2. The molecule has 0 radical (unpaired) electrons. The number of ether oxygens (including phenoxy) is 3. The Hall–Kier alpha value is -3.34. The van der Waals surface area contributed by atoms with Crippen LogP contribution in [0.15, 0.2) is 59.7 Å². The molecule has 0 unspecified atom stereocenters. The molecule has 5 heteroatoms. The highest BCUT2D eigenvalue weighted by molar-refractivity contribution is 6.14. The number of Topliss-reactive ketones (excluding diaryl/α,β-unsaturated/α-hetero) is 1. The number of carbonyl (C=O) groups excluding carboxylic acids is 2. The molecule has 156 valence electrons. The van der Waals surface area contributed by atoms with E-state index in [4.69, 9.17) is 14.2 Å². The monoisotopic (exact) mass is 406 g/mol. The van der Waals surface area contributed by atoms with Gasteiger partial charge in [0.2, 0.25) is 0 Å². The fourth-order valence-corrected chi connectivity index (χ4v) is 3.54. The molecule has 0 aliphatic heterocycles. The van der Waals surface area contributed by atoms with Crippen molar-refractivity contribution in [2.24, 2.45) is 5.92 Å². The number of benzene rings is 2. The SMILES string of the molecule is CCOC(=O)C1CC(=Cc2cccc(OC)c2)C(=O)C(=Cc2cccc(OC)c2)C1. The van der Waals surface area contributed by atoms with E-state index in [0.29, 0.717) is 42.1 Å². The molecule has 0 saturated heterocycles. The molecule has 0 atom stereocenters. The summed E-state index contributed by atoms with van der Waals surface area (Å²) in [7, 11) is 3.20. The van der Waals surface area contributed by atoms with E-state index < -0.39 is 5.92 Å². The average Bonchev–Trinajstić information content (AvgIpc) is 2.76. The van der Waals surface area contributed by atoms with Gasteiger partial charge in [0, 0.05) is 11.1 Å². The van der Waals surface area contributed by atoms with Gasteiger partial charge in [-0.25, -0.2) is 0 Å². The highest BCUT2D eigenvalue weighted by Crippen LogP contribution is 2.34. The zero-order chi connectivity index (χ0) is 21.5. The van der Waals surface area contributed by atoms with Gasteiger partial charge in [-0.1, -0.05) is 24.3 Å². The van der Waals surface area contributed by atoms with Crippen molar-refractivity contribution in [2.75, 3.05) is 20.8 Å². The third-order valence-electron chi connectivity index (χ3n) is 5.01. The summed E-state index contributed by atoms with van der Waals surface area (Å²) in [4.78, 5) is 25.7. The molecule has 0 bridgehead atoms. The standard InChI is InChI=1S/C25H26O5/c1-4-30-25(27)21-15-19(11-17-7-5-9-22(13-17)28-2)24(26)20(16-21)12-18-8-6-10-23(14-18)29-3/h5-14,21H,4,15-16H2,1-3H3. The molecule has 0 aromatic heterocycles. The first-order chi connectivity index (χ1) is 14.5. The van der Waals surface area contributed by atoms with Crippen LogP contribution in [0.3, 0.4) is 0 Å². The van der Waals surface area contributed by atoms with Gasteiger partial charge in [-0.3, -0.25) is 9.59 Å². The Labute approximate surface area is 177 Å². The minimum absolute atomic E-state index is 0.0545. The number of esters is 1. The van der Waals surface area contributed by atoms with Crippen molar-refractivity contribution >= 4 is 23.9 Å². The predicted octanol–water partition coefficient (Wildman–Crippen LogP) is 4.71. The van der Waals surface area contributed by atoms with Crippen LogP contribution >= 0.6 is 0 Å². The molecule has 0 heterocycles. The van der Waals surface area contributed by atoms with E-state index in [1.54, 1.807) is 21.1 Å². The summed E-state index contributed by atoms with van der Waals surface area (Å²) < 4.78 is 15.8. The van der Waals surface area contributed by atoms with E-state index in [1.165, 1.54) is 0 Å². The molecule has 1 fully saturated rings. The van der Waals surface area contributed by atoms with Gasteiger partial charge in [0.05, 0.1) is 26.7 Å². The van der Waals surface area contributed by atoms with E-state index >= 15 is 0 Å². The summed E-state index contributed by atoms with van der Waals surface area (Å²) in [5.74, 6) is 0.694. The van der Waals surface area contributed by atoms with Gasteiger partial charge in [0.1, 0.15) is 11.5 Å². The van der Waals surface area contributed by atoms with Crippen LogP contribution < -0.4 is 9.47 Å². The molecule has 30 heavy (non-hydrogen) atoms. The Morgan fingerprint density at radius 3 is 1.87 bits per heavy atom. The van der Waals surface area contributed by atoms with Crippen LogP contribution in [-0.4, -0.2) is 32.6 Å². The molecule has 0 spiro atoms. The second kappa shape index (κ2) is 9.92. The van der Waals surface area contributed by atoms with Crippen LogP contribution in [0.4, 0.5) is 0 Å². The Morgan fingerprint density at radius 1 is 0.933 bits per heavy atom. The van der Waals surface area contributed by atoms with Crippen molar-refractivity contribution in [2.45, 2.75) is 19.8 Å². The van der Waals surface area contributed by atoms with Crippen molar-refractivity contribution in [3.8, 4) is 11.5 Å².